The van der Waals surface area contributed by atoms with Crippen molar-refractivity contribution in [1.29, 1.82) is 0 Å². The maximum atomic E-state index is 12.7. The molecule has 1 aliphatic rings. The first-order chi connectivity index (χ1) is 13.9. The molecule has 1 amide bonds. The summed E-state index contributed by atoms with van der Waals surface area (Å²) in [7, 11) is -3.66. The van der Waals surface area contributed by atoms with E-state index in [4.69, 9.17) is 4.74 Å². The predicted octanol–water partition coefficient (Wildman–Crippen LogP) is 2.27. The van der Waals surface area contributed by atoms with E-state index in [1.165, 1.54) is 52.9 Å². The number of nitro benzene ring substituents is 1. The first kappa shape index (κ1) is 20.6. The number of hydrogen-bond donors (Lipinski definition) is 1. The molecule has 152 valence electrons. The number of sulfonamides is 1. The molecule has 10 heteroatoms. The van der Waals surface area contributed by atoms with Gasteiger partial charge in [0.05, 0.1) is 23.0 Å². The average Bonchev–Trinajstić information content (AvgIpc) is 2.73. The van der Waals surface area contributed by atoms with Gasteiger partial charge >= 0.3 is 0 Å². The molecule has 1 fully saturated rings. The molecule has 1 heterocycles. The summed E-state index contributed by atoms with van der Waals surface area (Å²) in [6.45, 7) is 1.28. The zero-order valence-corrected chi connectivity index (χ0v) is 16.2. The Bertz CT molecular complexity index is 1030. The highest BCUT2D eigenvalue weighted by atomic mass is 32.2. The number of anilines is 1. The SMILES string of the molecule is O=C(C=Cc1ccc([N+](=O)[O-])cc1)Nc1cccc(S(=O)(=O)N2CCOCC2)c1. The van der Waals surface area contributed by atoms with E-state index >= 15 is 0 Å². The molecule has 0 aromatic heterocycles. The molecule has 0 radical (unpaired) electrons. The number of nitrogens with zero attached hydrogens (tertiary/aromatic N) is 2. The highest BCUT2D eigenvalue weighted by molar-refractivity contribution is 7.89. The van der Waals surface area contributed by atoms with Crippen molar-refractivity contribution in [2.24, 2.45) is 0 Å². The summed E-state index contributed by atoms with van der Waals surface area (Å²) in [6, 6.07) is 11.8. The summed E-state index contributed by atoms with van der Waals surface area (Å²) in [5, 5.41) is 13.3. The molecular weight excluding hydrogens is 398 g/mol. The second-order valence-corrected chi connectivity index (χ2v) is 8.15. The molecule has 2 aromatic carbocycles. The topological polar surface area (TPSA) is 119 Å². The minimum atomic E-state index is -3.66. The van der Waals surface area contributed by atoms with Crippen molar-refractivity contribution in [1.82, 2.24) is 4.31 Å². The maximum Gasteiger partial charge on any atom is 0.269 e. The molecule has 9 nitrogen and oxygen atoms in total. The first-order valence-corrected chi connectivity index (χ1v) is 10.2. The van der Waals surface area contributed by atoms with Gasteiger partial charge in [0.15, 0.2) is 0 Å². The number of nitro groups is 1. The largest absolute Gasteiger partial charge is 0.379 e. The Morgan fingerprint density at radius 1 is 1.14 bits per heavy atom. The van der Waals surface area contributed by atoms with E-state index in [1.54, 1.807) is 12.1 Å². The lowest BCUT2D eigenvalue weighted by atomic mass is 10.2. The number of non-ortho nitro benzene ring substituents is 1. The highest BCUT2D eigenvalue weighted by Crippen LogP contribution is 2.20. The lowest BCUT2D eigenvalue weighted by Crippen LogP contribution is -2.40. The lowest BCUT2D eigenvalue weighted by Gasteiger charge is -2.26. The van der Waals surface area contributed by atoms with Crippen LogP contribution in [0.4, 0.5) is 11.4 Å². The van der Waals surface area contributed by atoms with E-state index in [9.17, 15) is 23.3 Å². The van der Waals surface area contributed by atoms with Gasteiger partial charge in [-0.15, -0.1) is 0 Å². The summed E-state index contributed by atoms with van der Waals surface area (Å²) >= 11 is 0. The van der Waals surface area contributed by atoms with Gasteiger partial charge in [0.2, 0.25) is 15.9 Å². The van der Waals surface area contributed by atoms with Gasteiger partial charge in [0.25, 0.3) is 5.69 Å². The van der Waals surface area contributed by atoms with E-state index in [1.807, 2.05) is 0 Å². The van der Waals surface area contributed by atoms with E-state index in [0.717, 1.165) is 0 Å². The Morgan fingerprint density at radius 3 is 2.48 bits per heavy atom. The Morgan fingerprint density at radius 2 is 1.83 bits per heavy atom. The molecule has 0 unspecified atom stereocenters. The van der Waals surface area contributed by atoms with Crippen LogP contribution in [0.15, 0.2) is 59.5 Å². The minimum absolute atomic E-state index is 0.0371. The third kappa shape index (κ3) is 5.25. The second-order valence-electron chi connectivity index (χ2n) is 6.22. The van der Waals surface area contributed by atoms with Crippen LogP contribution in [0.3, 0.4) is 0 Å². The molecule has 1 N–H and O–H groups in total. The fourth-order valence-corrected chi connectivity index (χ4v) is 4.19. The van der Waals surface area contributed by atoms with Gasteiger partial charge in [-0.05, 0) is 42.0 Å². The van der Waals surface area contributed by atoms with Gasteiger partial charge in [0, 0.05) is 37.0 Å². The summed E-state index contributed by atoms with van der Waals surface area (Å²) in [5.41, 5.74) is 0.928. The molecule has 2 aromatic rings. The molecule has 0 bridgehead atoms. The number of morpholine rings is 1. The van der Waals surface area contributed by atoms with E-state index in [-0.39, 0.29) is 23.7 Å². The van der Waals surface area contributed by atoms with Crippen LogP contribution in [0.25, 0.3) is 6.08 Å². The van der Waals surface area contributed by atoms with Crippen molar-refractivity contribution < 1.29 is 22.9 Å². The predicted molar refractivity (Wildman–Crippen MR) is 107 cm³/mol. The van der Waals surface area contributed by atoms with Crippen molar-refractivity contribution in [2.75, 3.05) is 31.6 Å². The number of amides is 1. The van der Waals surface area contributed by atoms with Gasteiger partial charge in [-0.1, -0.05) is 6.07 Å². The lowest BCUT2D eigenvalue weighted by molar-refractivity contribution is -0.384. The van der Waals surface area contributed by atoms with E-state index < -0.39 is 20.9 Å². The van der Waals surface area contributed by atoms with Crippen LogP contribution in [-0.2, 0) is 19.6 Å². The Kier molecular flexibility index (Phi) is 6.37. The smallest absolute Gasteiger partial charge is 0.269 e. The summed E-state index contributed by atoms with van der Waals surface area (Å²) < 4.78 is 32.0. The van der Waals surface area contributed by atoms with Gasteiger partial charge in [-0.25, -0.2) is 8.42 Å². The van der Waals surface area contributed by atoms with Crippen LogP contribution in [0, 0.1) is 10.1 Å². The third-order valence-corrected chi connectivity index (χ3v) is 6.14. The minimum Gasteiger partial charge on any atom is -0.379 e. The van der Waals surface area contributed by atoms with Gasteiger partial charge in [-0.2, -0.15) is 4.31 Å². The van der Waals surface area contributed by atoms with E-state index in [2.05, 4.69) is 5.32 Å². The molecule has 1 aliphatic heterocycles. The van der Waals surface area contributed by atoms with Gasteiger partial charge < -0.3 is 10.1 Å². The van der Waals surface area contributed by atoms with Crippen molar-refractivity contribution in [3.05, 3.63) is 70.3 Å². The third-order valence-electron chi connectivity index (χ3n) is 4.24. The molecular formula is C19H19N3O6S. The molecule has 3 rings (SSSR count). The highest BCUT2D eigenvalue weighted by Gasteiger charge is 2.26. The van der Waals surface area contributed by atoms with E-state index in [0.29, 0.717) is 24.5 Å². The van der Waals surface area contributed by atoms with Crippen LogP contribution >= 0.6 is 0 Å². The molecule has 0 aliphatic carbocycles. The number of carbonyl (C=O) groups excluding carboxylic acids is 1. The summed E-state index contributed by atoms with van der Waals surface area (Å²) in [6.07, 6.45) is 2.78. The van der Waals surface area contributed by atoms with Crippen LogP contribution in [0.1, 0.15) is 5.56 Å². The standard InChI is InChI=1S/C19H19N3O6S/c23-19(9-6-15-4-7-17(8-5-15)22(24)25)20-16-2-1-3-18(14-16)29(26,27)21-10-12-28-13-11-21/h1-9,14H,10-13H2,(H,20,23). The van der Waals surface area contributed by atoms with Crippen molar-refractivity contribution in [3.8, 4) is 0 Å². The second kappa shape index (κ2) is 8.95. The Balaban J connectivity index is 1.67. The number of benzene rings is 2. The number of rotatable bonds is 6. The van der Waals surface area contributed by atoms with Crippen molar-refractivity contribution >= 4 is 33.4 Å². The number of nitrogens with one attached hydrogen (secondary N) is 1. The maximum absolute atomic E-state index is 12.7. The monoisotopic (exact) mass is 417 g/mol. The number of carbonyl (C=O) groups is 1. The summed E-state index contributed by atoms with van der Waals surface area (Å²) in [4.78, 5) is 22.4. The normalized spacial score (nSPS) is 15.3. The first-order valence-electron chi connectivity index (χ1n) is 8.78. The molecule has 1 saturated heterocycles. The van der Waals surface area contributed by atoms with Crippen LogP contribution in [0.5, 0.6) is 0 Å². The van der Waals surface area contributed by atoms with Crippen molar-refractivity contribution in [3.63, 3.8) is 0 Å². The van der Waals surface area contributed by atoms with Crippen molar-refractivity contribution in [2.45, 2.75) is 4.90 Å². The fraction of sp³-hybridized carbons (Fsp3) is 0.211. The number of ether oxygens (including phenoxy) is 1. The Labute approximate surface area is 167 Å². The average molecular weight is 417 g/mol. The van der Waals surface area contributed by atoms with Crippen LogP contribution < -0.4 is 5.32 Å². The zero-order valence-electron chi connectivity index (χ0n) is 15.4. The van der Waals surface area contributed by atoms with Crippen LogP contribution in [-0.4, -0.2) is 49.9 Å². The molecule has 29 heavy (non-hydrogen) atoms. The zero-order chi connectivity index (χ0) is 20.9. The van der Waals surface area contributed by atoms with Crippen LogP contribution in [0.2, 0.25) is 0 Å². The molecule has 0 spiro atoms. The Hall–Kier alpha value is -3.08. The van der Waals surface area contributed by atoms with Gasteiger partial charge in [0.1, 0.15) is 0 Å². The quantitative estimate of drug-likeness (QED) is 0.437. The number of hydrogen-bond acceptors (Lipinski definition) is 6. The molecule has 0 atom stereocenters. The molecule has 0 saturated carbocycles. The summed E-state index contributed by atoms with van der Waals surface area (Å²) in [5.74, 6) is -0.454. The van der Waals surface area contributed by atoms with Gasteiger partial charge in [-0.3, -0.25) is 14.9 Å². The fourth-order valence-electron chi connectivity index (χ4n) is 2.73.